The predicted molar refractivity (Wildman–Crippen MR) is 150 cm³/mol. The third-order valence-corrected chi connectivity index (χ3v) is 7.36. The van der Waals surface area contributed by atoms with Crippen molar-refractivity contribution in [3.63, 3.8) is 0 Å². The van der Waals surface area contributed by atoms with E-state index in [0.29, 0.717) is 25.0 Å². The van der Waals surface area contributed by atoms with Crippen molar-refractivity contribution >= 4 is 24.2 Å². The number of methoxy groups -OCH3 is 1. The van der Waals surface area contributed by atoms with Crippen LogP contribution in [0.4, 0.5) is 10.5 Å². The molecule has 0 atom stereocenters. The molecule has 0 aliphatic carbocycles. The Morgan fingerprint density at radius 1 is 0.946 bits per heavy atom. The van der Waals surface area contributed by atoms with E-state index in [9.17, 15) is 9.90 Å². The number of anilines is 1. The third kappa shape index (κ3) is 6.53. The summed E-state index contributed by atoms with van der Waals surface area (Å²) in [7, 11) is 1.67. The van der Waals surface area contributed by atoms with E-state index in [1.165, 1.54) is 10.5 Å². The average molecular weight is 523 g/mol. The highest BCUT2D eigenvalue weighted by Gasteiger charge is 2.23. The van der Waals surface area contributed by atoms with E-state index in [-0.39, 0.29) is 12.4 Å². The van der Waals surface area contributed by atoms with E-state index in [1.807, 2.05) is 24.3 Å². The monoisotopic (exact) mass is 522 g/mol. The molecule has 8 heteroatoms. The molecule has 3 N–H and O–H groups in total. The van der Waals surface area contributed by atoms with Gasteiger partial charge in [0.2, 0.25) is 0 Å². The number of carboxylic acid groups (broad SMARTS) is 1. The first-order chi connectivity index (χ1) is 17.6. The fraction of sp³-hybridized carbons (Fsp3) is 0.379. The molecule has 2 aromatic carbocycles. The second-order valence-corrected chi connectivity index (χ2v) is 9.69. The molecule has 3 heterocycles. The van der Waals surface area contributed by atoms with Gasteiger partial charge in [-0.05, 0) is 86.7 Å². The van der Waals surface area contributed by atoms with Gasteiger partial charge in [0.05, 0.1) is 18.5 Å². The molecule has 2 aliphatic heterocycles. The summed E-state index contributed by atoms with van der Waals surface area (Å²) in [5.41, 5.74) is 6.34. The standard InChI is InChI=1S/C29H34N4O3.ClH/c1-36-26-8-6-23(7-9-26)28-19-25(31-24-10-14-30-15-11-24)18-27(32-28)22-4-2-20(3-5-22)21-12-16-33(17-13-21)29(34)35;/h2-9,18-19,21,24,30H,10-17H2,1H3,(H,31,32)(H,34,35);1H. The number of hydrogen-bond acceptors (Lipinski definition) is 5. The maximum absolute atomic E-state index is 11.2. The van der Waals surface area contributed by atoms with Crippen molar-refractivity contribution in [2.24, 2.45) is 0 Å². The summed E-state index contributed by atoms with van der Waals surface area (Å²) in [5, 5.41) is 16.4. The molecule has 7 nitrogen and oxygen atoms in total. The van der Waals surface area contributed by atoms with Gasteiger partial charge in [-0.2, -0.15) is 0 Å². The van der Waals surface area contributed by atoms with E-state index in [4.69, 9.17) is 9.72 Å². The molecule has 5 rings (SSSR count). The van der Waals surface area contributed by atoms with Gasteiger partial charge in [0.15, 0.2) is 0 Å². The number of likely N-dealkylation sites (tertiary alicyclic amines) is 1. The number of piperidine rings is 2. The van der Waals surface area contributed by atoms with E-state index in [0.717, 1.165) is 72.7 Å². The number of carbonyl (C=O) groups is 1. The fourth-order valence-electron chi connectivity index (χ4n) is 5.20. The third-order valence-electron chi connectivity index (χ3n) is 7.36. The van der Waals surface area contributed by atoms with E-state index in [2.05, 4.69) is 47.0 Å². The molecule has 0 radical (unpaired) electrons. The lowest BCUT2D eigenvalue weighted by Crippen LogP contribution is -2.36. The quantitative estimate of drug-likeness (QED) is 0.375. The minimum Gasteiger partial charge on any atom is -0.497 e. The molecular formula is C29H35ClN4O3. The number of nitrogens with one attached hydrogen (secondary N) is 2. The molecule has 1 amide bonds. The summed E-state index contributed by atoms with van der Waals surface area (Å²) in [4.78, 5) is 17.8. The number of ether oxygens (including phenoxy) is 1. The second-order valence-electron chi connectivity index (χ2n) is 9.69. The number of pyridine rings is 1. The molecule has 2 fully saturated rings. The largest absolute Gasteiger partial charge is 0.497 e. The van der Waals surface area contributed by atoms with Gasteiger partial charge < -0.3 is 25.4 Å². The molecule has 3 aromatic rings. The number of amides is 1. The first kappa shape index (κ1) is 26.8. The van der Waals surface area contributed by atoms with Crippen molar-refractivity contribution in [1.82, 2.24) is 15.2 Å². The topological polar surface area (TPSA) is 86.7 Å². The van der Waals surface area contributed by atoms with E-state index < -0.39 is 6.09 Å². The summed E-state index contributed by atoms with van der Waals surface area (Å²) >= 11 is 0. The van der Waals surface area contributed by atoms with E-state index in [1.54, 1.807) is 7.11 Å². The predicted octanol–water partition coefficient (Wildman–Crippen LogP) is 5.87. The lowest BCUT2D eigenvalue weighted by molar-refractivity contribution is 0.132. The molecule has 0 bridgehead atoms. The number of rotatable bonds is 6. The van der Waals surface area contributed by atoms with E-state index >= 15 is 0 Å². The minimum absolute atomic E-state index is 0. The van der Waals surface area contributed by atoms with Crippen molar-refractivity contribution in [1.29, 1.82) is 0 Å². The lowest BCUT2D eigenvalue weighted by Gasteiger charge is -2.30. The van der Waals surface area contributed by atoms with Crippen LogP contribution in [0.25, 0.3) is 22.5 Å². The zero-order chi connectivity index (χ0) is 24.9. The zero-order valence-electron chi connectivity index (χ0n) is 21.2. The molecule has 2 aliphatic rings. The van der Waals surface area contributed by atoms with Crippen LogP contribution in [0.3, 0.4) is 0 Å². The Labute approximate surface area is 224 Å². The minimum atomic E-state index is -0.819. The number of halogens is 1. The van der Waals surface area contributed by atoms with Crippen LogP contribution in [0.15, 0.2) is 60.7 Å². The number of aromatic nitrogens is 1. The highest BCUT2D eigenvalue weighted by molar-refractivity contribution is 5.85. The first-order valence-electron chi connectivity index (χ1n) is 12.8. The van der Waals surface area contributed by atoms with Gasteiger partial charge in [0.1, 0.15) is 5.75 Å². The fourth-order valence-corrected chi connectivity index (χ4v) is 5.20. The van der Waals surface area contributed by atoms with Crippen molar-refractivity contribution in [2.75, 3.05) is 38.6 Å². The number of nitrogens with zero attached hydrogens (tertiary/aromatic N) is 2. The van der Waals surface area contributed by atoms with Crippen molar-refractivity contribution < 1.29 is 14.6 Å². The Bertz CT molecular complexity index is 1170. The SMILES string of the molecule is COc1ccc(-c2cc(NC3CCNCC3)cc(-c3ccc(C4CCN(C(=O)O)CC4)cc3)n2)cc1.Cl. The van der Waals surface area contributed by atoms with Gasteiger partial charge in [-0.25, -0.2) is 9.78 Å². The zero-order valence-corrected chi connectivity index (χ0v) is 22.0. The van der Waals surface area contributed by atoms with Gasteiger partial charge in [-0.3, -0.25) is 0 Å². The van der Waals surface area contributed by atoms with Crippen LogP contribution in [0.5, 0.6) is 5.75 Å². The molecule has 1 aromatic heterocycles. The van der Waals surface area contributed by atoms with Crippen LogP contribution in [-0.2, 0) is 0 Å². The van der Waals surface area contributed by atoms with Crippen molar-refractivity contribution in [2.45, 2.75) is 37.6 Å². The highest BCUT2D eigenvalue weighted by atomic mass is 35.5. The lowest BCUT2D eigenvalue weighted by atomic mass is 9.89. The van der Waals surface area contributed by atoms with Gasteiger partial charge in [-0.15, -0.1) is 12.4 Å². The Kier molecular flexibility index (Phi) is 8.90. The normalized spacial score (nSPS) is 16.6. The Morgan fingerprint density at radius 3 is 2.05 bits per heavy atom. The van der Waals surface area contributed by atoms with Crippen LogP contribution in [0.1, 0.15) is 37.2 Å². The molecular weight excluding hydrogens is 488 g/mol. The molecule has 2 saturated heterocycles. The Morgan fingerprint density at radius 2 is 1.51 bits per heavy atom. The van der Waals surface area contributed by atoms with Crippen molar-refractivity contribution in [3.05, 3.63) is 66.2 Å². The van der Waals surface area contributed by atoms with Crippen LogP contribution in [0.2, 0.25) is 0 Å². The number of benzene rings is 2. The molecule has 0 saturated carbocycles. The maximum Gasteiger partial charge on any atom is 0.407 e. The van der Waals surface area contributed by atoms with Gasteiger partial charge in [-0.1, -0.05) is 24.3 Å². The Balaban J connectivity index is 0.00000320. The highest BCUT2D eigenvalue weighted by Crippen LogP contribution is 2.32. The summed E-state index contributed by atoms with van der Waals surface area (Å²) in [5.74, 6) is 1.22. The van der Waals surface area contributed by atoms with Gasteiger partial charge >= 0.3 is 6.09 Å². The van der Waals surface area contributed by atoms with Gasteiger partial charge in [0.25, 0.3) is 0 Å². The van der Waals surface area contributed by atoms with Crippen LogP contribution < -0.4 is 15.4 Å². The summed E-state index contributed by atoms with van der Waals surface area (Å²) < 4.78 is 5.33. The first-order valence-corrected chi connectivity index (χ1v) is 12.8. The maximum atomic E-state index is 11.2. The van der Waals surface area contributed by atoms with Crippen molar-refractivity contribution in [3.8, 4) is 28.3 Å². The van der Waals surface area contributed by atoms with Gasteiger partial charge in [0, 0.05) is 35.9 Å². The molecule has 37 heavy (non-hydrogen) atoms. The smallest absolute Gasteiger partial charge is 0.407 e. The summed E-state index contributed by atoms with van der Waals surface area (Å²) in [6, 6.07) is 21.4. The molecule has 196 valence electrons. The Hall–Kier alpha value is -3.29. The molecule has 0 spiro atoms. The van der Waals surface area contributed by atoms with Crippen LogP contribution in [-0.4, -0.2) is 60.4 Å². The molecule has 0 unspecified atom stereocenters. The second kappa shape index (κ2) is 12.3. The van der Waals surface area contributed by atoms with Crippen LogP contribution in [0, 0.1) is 0 Å². The average Bonchev–Trinajstić information content (AvgIpc) is 2.93. The summed E-state index contributed by atoms with van der Waals surface area (Å²) in [6.07, 6.45) is 3.11. The number of hydrogen-bond donors (Lipinski definition) is 3. The van der Waals surface area contributed by atoms with Crippen LogP contribution >= 0.6 is 12.4 Å². The summed E-state index contributed by atoms with van der Waals surface area (Å²) in [6.45, 7) is 3.26.